The Morgan fingerprint density at radius 3 is 2.70 bits per heavy atom. The number of ether oxygens (including phenoxy) is 1. The number of carbonyl (C=O) groups excluding carboxylic acids is 1. The standard InChI is InChI=1S/C14H22N4O2/c1-14(2,3)20-13(19)17-8-9-18(11(15)10-17)12-6-4-5-7-16-12/h4-7,11H,8-10,15H2,1-3H3. The second-order valence-corrected chi connectivity index (χ2v) is 5.88. The normalized spacial score (nSPS) is 19.9. The zero-order valence-corrected chi connectivity index (χ0v) is 12.2. The van der Waals surface area contributed by atoms with E-state index < -0.39 is 5.60 Å². The number of pyridine rings is 1. The van der Waals surface area contributed by atoms with Crippen LogP contribution in [0.5, 0.6) is 0 Å². The van der Waals surface area contributed by atoms with Crippen molar-refractivity contribution < 1.29 is 9.53 Å². The molecule has 20 heavy (non-hydrogen) atoms. The summed E-state index contributed by atoms with van der Waals surface area (Å²) < 4.78 is 5.36. The van der Waals surface area contributed by atoms with E-state index in [-0.39, 0.29) is 12.3 Å². The van der Waals surface area contributed by atoms with Crippen molar-refractivity contribution in [2.75, 3.05) is 24.5 Å². The van der Waals surface area contributed by atoms with Crippen molar-refractivity contribution >= 4 is 11.9 Å². The van der Waals surface area contributed by atoms with Gasteiger partial charge in [0.05, 0.1) is 12.7 Å². The molecule has 0 saturated carbocycles. The van der Waals surface area contributed by atoms with E-state index in [1.54, 1.807) is 11.1 Å². The van der Waals surface area contributed by atoms with Crippen molar-refractivity contribution in [3.8, 4) is 0 Å². The Bertz CT molecular complexity index is 458. The molecule has 2 heterocycles. The Kier molecular flexibility index (Phi) is 4.13. The van der Waals surface area contributed by atoms with Gasteiger partial charge in [0.1, 0.15) is 11.4 Å². The topological polar surface area (TPSA) is 71.7 Å². The summed E-state index contributed by atoms with van der Waals surface area (Å²) in [5, 5.41) is 0. The smallest absolute Gasteiger partial charge is 0.410 e. The number of aromatic nitrogens is 1. The molecule has 2 rings (SSSR count). The molecule has 0 spiro atoms. The van der Waals surface area contributed by atoms with E-state index in [4.69, 9.17) is 10.5 Å². The highest BCUT2D eigenvalue weighted by molar-refractivity contribution is 5.68. The van der Waals surface area contributed by atoms with Gasteiger partial charge in [-0.05, 0) is 32.9 Å². The summed E-state index contributed by atoms with van der Waals surface area (Å²) in [4.78, 5) is 20.0. The number of piperazine rings is 1. The Morgan fingerprint density at radius 1 is 1.40 bits per heavy atom. The van der Waals surface area contributed by atoms with Crippen LogP contribution in [0.3, 0.4) is 0 Å². The van der Waals surface area contributed by atoms with Gasteiger partial charge in [-0.3, -0.25) is 0 Å². The monoisotopic (exact) mass is 278 g/mol. The van der Waals surface area contributed by atoms with E-state index in [9.17, 15) is 4.79 Å². The molecule has 0 bridgehead atoms. The van der Waals surface area contributed by atoms with Gasteiger partial charge >= 0.3 is 6.09 Å². The van der Waals surface area contributed by atoms with Crippen molar-refractivity contribution in [2.24, 2.45) is 5.73 Å². The number of anilines is 1. The summed E-state index contributed by atoms with van der Waals surface area (Å²) in [5.41, 5.74) is 5.65. The van der Waals surface area contributed by atoms with Crippen LogP contribution in [0.25, 0.3) is 0 Å². The first-order valence-corrected chi connectivity index (χ1v) is 6.78. The minimum atomic E-state index is -0.487. The van der Waals surface area contributed by atoms with Crippen LogP contribution in [0.1, 0.15) is 20.8 Å². The summed E-state index contributed by atoms with van der Waals surface area (Å²) in [6, 6.07) is 5.71. The van der Waals surface area contributed by atoms with Gasteiger partial charge < -0.3 is 20.3 Å². The number of carbonyl (C=O) groups is 1. The molecule has 1 aliphatic rings. The van der Waals surface area contributed by atoms with E-state index in [2.05, 4.69) is 4.98 Å². The first kappa shape index (κ1) is 14.6. The molecule has 6 nitrogen and oxygen atoms in total. The molecule has 1 aromatic heterocycles. The minimum Gasteiger partial charge on any atom is -0.444 e. The van der Waals surface area contributed by atoms with E-state index in [0.717, 1.165) is 5.82 Å². The number of hydrogen-bond donors (Lipinski definition) is 1. The van der Waals surface area contributed by atoms with Crippen LogP contribution in [0.4, 0.5) is 10.6 Å². The Hall–Kier alpha value is -1.82. The highest BCUT2D eigenvalue weighted by Crippen LogP contribution is 2.17. The second kappa shape index (κ2) is 5.66. The molecule has 1 fully saturated rings. The lowest BCUT2D eigenvalue weighted by Crippen LogP contribution is -2.59. The van der Waals surface area contributed by atoms with Gasteiger partial charge in [-0.25, -0.2) is 9.78 Å². The first-order valence-electron chi connectivity index (χ1n) is 6.78. The zero-order valence-electron chi connectivity index (χ0n) is 12.2. The van der Waals surface area contributed by atoms with Crippen LogP contribution in [0, 0.1) is 0 Å². The van der Waals surface area contributed by atoms with Gasteiger partial charge in [-0.2, -0.15) is 0 Å². The van der Waals surface area contributed by atoms with Crippen LogP contribution in [-0.4, -0.2) is 47.4 Å². The molecular weight excluding hydrogens is 256 g/mol. The van der Waals surface area contributed by atoms with E-state index in [0.29, 0.717) is 19.6 Å². The third-order valence-corrected chi connectivity index (χ3v) is 3.01. The van der Waals surface area contributed by atoms with Gasteiger partial charge in [0.25, 0.3) is 0 Å². The average Bonchev–Trinajstić information content (AvgIpc) is 2.37. The summed E-state index contributed by atoms with van der Waals surface area (Å²) in [5.74, 6) is 0.837. The number of nitrogens with two attached hydrogens (primary N) is 1. The molecule has 1 saturated heterocycles. The van der Waals surface area contributed by atoms with Crippen molar-refractivity contribution in [3.05, 3.63) is 24.4 Å². The number of nitrogens with zero attached hydrogens (tertiary/aromatic N) is 3. The average molecular weight is 278 g/mol. The summed E-state index contributed by atoms with van der Waals surface area (Å²) in [7, 11) is 0. The molecule has 0 aromatic carbocycles. The van der Waals surface area contributed by atoms with Crippen LogP contribution in [-0.2, 0) is 4.74 Å². The highest BCUT2D eigenvalue weighted by Gasteiger charge is 2.30. The van der Waals surface area contributed by atoms with E-state index in [1.807, 2.05) is 43.9 Å². The molecular formula is C14H22N4O2. The van der Waals surface area contributed by atoms with Crippen LogP contribution < -0.4 is 10.6 Å². The lowest BCUT2D eigenvalue weighted by atomic mass is 10.2. The quantitative estimate of drug-likeness (QED) is 0.841. The van der Waals surface area contributed by atoms with Gasteiger partial charge in [0, 0.05) is 19.3 Å². The summed E-state index contributed by atoms with van der Waals surface area (Å²) in [6.07, 6.45) is 1.15. The largest absolute Gasteiger partial charge is 0.444 e. The van der Waals surface area contributed by atoms with Gasteiger partial charge in [-0.1, -0.05) is 6.07 Å². The van der Waals surface area contributed by atoms with Crippen molar-refractivity contribution in [3.63, 3.8) is 0 Å². The lowest BCUT2D eigenvalue weighted by Gasteiger charge is -2.40. The maximum atomic E-state index is 12.0. The van der Waals surface area contributed by atoms with Crippen molar-refractivity contribution in [2.45, 2.75) is 32.5 Å². The number of hydrogen-bond acceptors (Lipinski definition) is 5. The summed E-state index contributed by atoms with van der Waals surface area (Å²) in [6.45, 7) is 7.24. The molecule has 1 unspecified atom stereocenters. The molecule has 1 atom stereocenters. The molecule has 1 aliphatic heterocycles. The van der Waals surface area contributed by atoms with Crippen LogP contribution in [0.2, 0.25) is 0 Å². The van der Waals surface area contributed by atoms with Crippen molar-refractivity contribution in [1.29, 1.82) is 0 Å². The Morgan fingerprint density at radius 2 is 2.15 bits per heavy atom. The lowest BCUT2D eigenvalue weighted by molar-refractivity contribution is 0.0215. The predicted molar refractivity (Wildman–Crippen MR) is 77.4 cm³/mol. The Labute approximate surface area is 119 Å². The fourth-order valence-corrected chi connectivity index (χ4v) is 2.11. The minimum absolute atomic E-state index is 0.272. The third-order valence-electron chi connectivity index (χ3n) is 3.01. The highest BCUT2D eigenvalue weighted by atomic mass is 16.6. The van der Waals surface area contributed by atoms with Gasteiger partial charge in [0.15, 0.2) is 0 Å². The van der Waals surface area contributed by atoms with Crippen molar-refractivity contribution in [1.82, 2.24) is 9.88 Å². The molecule has 0 radical (unpaired) electrons. The van der Waals surface area contributed by atoms with E-state index in [1.165, 1.54) is 0 Å². The molecule has 2 N–H and O–H groups in total. The number of rotatable bonds is 1. The molecule has 6 heteroatoms. The third kappa shape index (κ3) is 3.60. The van der Waals surface area contributed by atoms with Gasteiger partial charge in [-0.15, -0.1) is 0 Å². The maximum Gasteiger partial charge on any atom is 0.410 e. The predicted octanol–water partition coefficient (Wildman–Crippen LogP) is 1.42. The molecule has 110 valence electrons. The fourth-order valence-electron chi connectivity index (χ4n) is 2.11. The van der Waals surface area contributed by atoms with Crippen LogP contribution >= 0.6 is 0 Å². The van der Waals surface area contributed by atoms with Crippen LogP contribution in [0.15, 0.2) is 24.4 Å². The molecule has 1 aromatic rings. The Balaban J connectivity index is 1.97. The second-order valence-electron chi connectivity index (χ2n) is 5.88. The number of amides is 1. The maximum absolute atomic E-state index is 12.0. The SMILES string of the molecule is CC(C)(C)OC(=O)N1CCN(c2ccccn2)C(N)C1. The van der Waals surface area contributed by atoms with Gasteiger partial charge in [0.2, 0.25) is 0 Å². The molecule has 0 aliphatic carbocycles. The molecule has 1 amide bonds. The first-order chi connectivity index (χ1) is 9.37. The van der Waals surface area contributed by atoms with E-state index >= 15 is 0 Å². The zero-order chi connectivity index (χ0) is 14.8. The summed E-state index contributed by atoms with van der Waals surface area (Å²) >= 11 is 0. The fraction of sp³-hybridized carbons (Fsp3) is 0.571.